The Morgan fingerprint density at radius 2 is 2.15 bits per heavy atom. The molecule has 0 aliphatic rings. The molecule has 0 saturated carbocycles. The van der Waals surface area contributed by atoms with Crippen molar-refractivity contribution in [1.82, 2.24) is 5.32 Å². The lowest BCUT2D eigenvalue weighted by Gasteiger charge is -2.13. The number of hydrogen-bond acceptors (Lipinski definition) is 2. The topological polar surface area (TPSA) is 55.1 Å². The van der Waals surface area contributed by atoms with Crippen molar-refractivity contribution in [3.63, 3.8) is 0 Å². The Hall–Kier alpha value is -0.710. The van der Waals surface area contributed by atoms with Crippen LogP contribution in [0.1, 0.15) is 19.8 Å². The molecule has 0 rings (SSSR count). The summed E-state index contributed by atoms with van der Waals surface area (Å²) in [6.07, 6.45) is -1.03. The van der Waals surface area contributed by atoms with Crippen LogP contribution in [0.5, 0.6) is 0 Å². The molecule has 1 unspecified atom stereocenters. The molecular formula is C8H16F2N2O. The Bertz CT molecular complexity index is 153. The second-order valence-corrected chi connectivity index (χ2v) is 2.86. The lowest BCUT2D eigenvalue weighted by atomic mass is 10.0. The van der Waals surface area contributed by atoms with E-state index in [1.54, 1.807) is 0 Å². The molecule has 13 heavy (non-hydrogen) atoms. The van der Waals surface area contributed by atoms with Gasteiger partial charge in [-0.25, -0.2) is 8.78 Å². The molecule has 0 aliphatic heterocycles. The molecule has 0 aromatic heterocycles. The summed E-state index contributed by atoms with van der Waals surface area (Å²) in [4.78, 5) is 11.1. The first kappa shape index (κ1) is 12.3. The third kappa shape index (κ3) is 5.52. The summed E-state index contributed by atoms with van der Waals surface area (Å²) >= 11 is 0. The van der Waals surface area contributed by atoms with E-state index in [9.17, 15) is 13.6 Å². The van der Waals surface area contributed by atoms with Crippen molar-refractivity contribution in [3.8, 4) is 0 Å². The zero-order valence-corrected chi connectivity index (χ0v) is 7.72. The summed E-state index contributed by atoms with van der Waals surface area (Å²) in [7, 11) is 0. The summed E-state index contributed by atoms with van der Waals surface area (Å²) in [5.41, 5.74) is 5.32. The molecular weight excluding hydrogens is 178 g/mol. The molecule has 0 spiro atoms. The molecule has 0 aromatic carbocycles. The first-order chi connectivity index (χ1) is 6.11. The first-order valence-electron chi connectivity index (χ1n) is 4.37. The largest absolute Gasteiger partial charge is 0.350 e. The third-order valence-corrected chi connectivity index (χ3v) is 1.72. The molecule has 3 N–H and O–H groups in total. The molecule has 1 amide bonds. The van der Waals surface area contributed by atoms with Crippen molar-refractivity contribution in [3.05, 3.63) is 0 Å². The van der Waals surface area contributed by atoms with Crippen LogP contribution in [0.3, 0.4) is 0 Å². The van der Waals surface area contributed by atoms with Gasteiger partial charge in [0.15, 0.2) is 0 Å². The van der Waals surface area contributed by atoms with E-state index in [1.165, 1.54) is 0 Å². The van der Waals surface area contributed by atoms with Crippen molar-refractivity contribution in [2.45, 2.75) is 26.2 Å². The van der Waals surface area contributed by atoms with Crippen LogP contribution in [0.15, 0.2) is 0 Å². The SMILES string of the molecule is CCCC(CN)C(=O)NCC(F)F. The van der Waals surface area contributed by atoms with E-state index in [-0.39, 0.29) is 18.4 Å². The van der Waals surface area contributed by atoms with E-state index in [0.717, 1.165) is 6.42 Å². The van der Waals surface area contributed by atoms with Crippen LogP contribution < -0.4 is 11.1 Å². The first-order valence-corrected chi connectivity index (χ1v) is 4.37. The number of hydrogen-bond donors (Lipinski definition) is 2. The Morgan fingerprint density at radius 3 is 2.54 bits per heavy atom. The maximum Gasteiger partial charge on any atom is 0.255 e. The molecule has 0 aromatic rings. The van der Waals surface area contributed by atoms with Crippen LogP contribution in [0, 0.1) is 5.92 Å². The Kier molecular flexibility index (Phi) is 6.40. The number of nitrogens with one attached hydrogen (secondary N) is 1. The highest BCUT2D eigenvalue weighted by atomic mass is 19.3. The van der Waals surface area contributed by atoms with Gasteiger partial charge in [-0.05, 0) is 6.42 Å². The Morgan fingerprint density at radius 1 is 1.54 bits per heavy atom. The molecule has 0 bridgehead atoms. The van der Waals surface area contributed by atoms with E-state index < -0.39 is 13.0 Å². The second kappa shape index (κ2) is 6.77. The molecule has 0 heterocycles. The van der Waals surface area contributed by atoms with Gasteiger partial charge in [-0.1, -0.05) is 13.3 Å². The van der Waals surface area contributed by atoms with Gasteiger partial charge in [0.25, 0.3) is 6.43 Å². The molecule has 0 saturated heterocycles. The van der Waals surface area contributed by atoms with E-state index >= 15 is 0 Å². The highest BCUT2D eigenvalue weighted by Crippen LogP contribution is 2.04. The van der Waals surface area contributed by atoms with Gasteiger partial charge in [0, 0.05) is 6.54 Å². The van der Waals surface area contributed by atoms with Crippen molar-refractivity contribution in [2.75, 3.05) is 13.1 Å². The smallest absolute Gasteiger partial charge is 0.255 e. The normalized spacial score (nSPS) is 13.0. The highest BCUT2D eigenvalue weighted by molar-refractivity contribution is 5.78. The molecule has 0 fully saturated rings. The summed E-state index contributed by atoms with van der Waals surface area (Å²) in [6, 6.07) is 0. The minimum atomic E-state index is -2.50. The van der Waals surface area contributed by atoms with Gasteiger partial charge in [-0.3, -0.25) is 4.79 Å². The predicted molar refractivity (Wildman–Crippen MR) is 46.5 cm³/mol. The van der Waals surface area contributed by atoms with Gasteiger partial charge < -0.3 is 11.1 Å². The van der Waals surface area contributed by atoms with E-state index in [4.69, 9.17) is 5.73 Å². The molecule has 0 aliphatic carbocycles. The van der Waals surface area contributed by atoms with Gasteiger partial charge in [0.2, 0.25) is 5.91 Å². The summed E-state index contributed by atoms with van der Waals surface area (Å²) in [5, 5.41) is 2.15. The van der Waals surface area contributed by atoms with Gasteiger partial charge in [0.1, 0.15) is 0 Å². The van der Waals surface area contributed by atoms with Crippen LogP contribution in [0.25, 0.3) is 0 Å². The van der Waals surface area contributed by atoms with Crippen molar-refractivity contribution in [1.29, 1.82) is 0 Å². The zero-order chi connectivity index (χ0) is 10.3. The average molecular weight is 194 g/mol. The lowest BCUT2D eigenvalue weighted by Crippen LogP contribution is -2.37. The van der Waals surface area contributed by atoms with E-state index in [2.05, 4.69) is 5.32 Å². The van der Waals surface area contributed by atoms with Gasteiger partial charge in [-0.15, -0.1) is 0 Å². The molecule has 1 atom stereocenters. The van der Waals surface area contributed by atoms with Crippen LogP contribution >= 0.6 is 0 Å². The van der Waals surface area contributed by atoms with Crippen LogP contribution in [-0.2, 0) is 4.79 Å². The summed E-state index contributed by atoms with van der Waals surface area (Å²) in [6.45, 7) is 1.55. The lowest BCUT2D eigenvalue weighted by molar-refractivity contribution is -0.125. The number of rotatable bonds is 6. The maximum absolute atomic E-state index is 11.7. The number of halogens is 2. The van der Waals surface area contributed by atoms with Crippen molar-refractivity contribution >= 4 is 5.91 Å². The Labute approximate surface area is 76.7 Å². The molecule has 0 radical (unpaired) electrons. The average Bonchev–Trinajstić information content (AvgIpc) is 2.10. The number of alkyl halides is 2. The monoisotopic (exact) mass is 194 g/mol. The summed E-state index contributed by atoms with van der Waals surface area (Å²) in [5.74, 6) is -0.701. The van der Waals surface area contributed by atoms with Gasteiger partial charge >= 0.3 is 0 Å². The standard InChI is InChI=1S/C8H16F2N2O/c1-2-3-6(4-11)8(13)12-5-7(9)10/h6-7H,2-5,11H2,1H3,(H,12,13). The van der Waals surface area contributed by atoms with Crippen molar-refractivity contribution in [2.24, 2.45) is 11.7 Å². The fourth-order valence-corrected chi connectivity index (χ4v) is 1.03. The quantitative estimate of drug-likeness (QED) is 0.655. The van der Waals surface area contributed by atoms with E-state index in [0.29, 0.717) is 6.42 Å². The van der Waals surface area contributed by atoms with Gasteiger partial charge in [-0.2, -0.15) is 0 Å². The maximum atomic E-state index is 11.7. The number of carbonyl (C=O) groups is 1. The molecule has 78 valence electrons. The minimum absolute atomic E-state index is 0.211. The van der Waals surface area contributed by atoms with Crippen LogP contribution in [0.2, 0.25) is 0 Å². The fraction of sp³-hybridized carbons (Fsp3) is 0.875. The van der Waals surface area contributed by atoms with Crippen LogP contribution in [0.4, 0.5) is 8.78 Å². The molecule has 5 heteroatoms. The van der Waals surface area contributed by atoms with E-state index in [1.807, 2.05) is 6.92 Å². The summed E-state index contributed by atoms with van der Waals surface area (Å²) < 4.78 is 23.4. The Balaban J connectivity index is 3.77. The number of amides is 1. The highest BCUT2D eigenvalue weighted by Gasteiger charge is 2.16. The zero-order valence-electron chi connectivity index (χ0n) is 7.72. The second-order valence-electron chi connectivity index (χ2n) is 2.86. The van der Waals surface area contributed by atoms with Crippen LogP contribution in [-0.4, -0.2) is 25.4 Å². The fourth-order valence-electron chi connectivity index (χ4n) is 1.03. The number of nitrogens with two attached hydrogens (primary N) is 1. The van der Waals surface area contributed by atoms with Gasteiger partial charge in [0.05, 0.1) is 12.5 Å². The van der Waals surface area contributed by atoms with Crippen molar-refractivity contribution < 1.29 is 13.6 Å². The predicted octanol–water partition coefficient (Wildman–Crippen LogP) is 0.743. The molecule has 3 nitrogen and oxygen atoms in total. The number of carbonyl (C=O) groups excluding carboxylic acids is 1. The third-order valence-electron chi connectivity index (χ3n) is 1.72. The minimum Gasteiger partial charge on any atom is -0.350 e.